The first-order valence-electron chi connectivity index (χ1n) is 11.3. The van der Waals surface area contributed by atoms with E-state index in [0.717, 1.165) is 44.2 Å². The van der Waals surface area contributed by atoms with Gasteiger partial charge in [0, 0.05) is 39.4 Å². The zero-order valence-electron chi connectivity index (χ0n) is 19.7. The fraction of sp³-hybridized carbons (Fsp3) is 0.100. The van der Waals surface area contributed by atoms with E-state index < -0.39 is 0 Å². The molecule has 0 spiro atoms. The number of carbonyl (C=O) groups is 1. The highest BCUT2D eigenvalue weighted by Crippen LogP contribution is 2.38. The van der Waals surface area contributed by atoms with E-state index in [9.17, 15) is 4.79 Å². The van der Waals surface area contributed by atoms with E-state index in [-0.39, 0.29) is 5.91 Å². The minimum atomic E-state index is -0.239. The number of aryl methyl sites for hydroxylation is 1. The highest BCUT2D eigenvalue weighted by Gasteiger charge is 2.15. The number of methoxy groups -OCH3 is 1. The Balaban J connectivity index is 1.53. The van der Waals surface area contributed by atoms with Crippen LogP contribution in [0.1, 0.15) is 18.1 Å². The van der Waals surface area contributed by atoms with Crippen molar-refractivity contribution in [2.24, 2.45) is 0 Å². The van der Waals surface area contributed by atoms with Gasteiger partial charge in [0.05, 0.1) is 13.4 Å². The number of allylic oxidation sites excluding steroid dienone is 1. The van der Waals surface area contributed by atoms with E-state index in [1.807, 2.05) is 44.2 Å². The predicted octanol–water partition coefficient (Wildman–Crippen LogP) is 8.27. The molecule has 35 heavy (non-hydrogen) atoms. The number of benzene rings is 4. The number of nitrogens with one attached hydrogen (secondary N) is 1. The summed E-state index contributed by atoms with van der Waals surface area (Å²) in [5, 5.41) is 6.79. The molecule has 4 nitrogen and oxygen atoms in total. The smallest absolute Gasteiger partial charge is 0.248 e. The van der Waals surface area contributed by atoms with Crippen LogP contribution >= 0.6 is 11.6 Å². The number of furan rings is 1. The Kier molecular flexibility index (Phi) is 6.06. The quantitative estimate of drug-likeness (QED) is 0.257. The van der Waals surface area contributed by atoms with Crippen LogP contribution in [0.2, 0.25) is 5.02 Å². The van der Waals surface area contributed by atoms with Gasteiger partial charge in [0.1, 0.15) is 11.3 Å². The Hall–Kier alpha value is -4.02. The molecule has 1 amide bonds. The van der Waals surface area contributed by atoms with Gasteiger partial charge in [0.2, 0.25) is 5.91 Å². The lowest BCUT2D eigenvalue weighted by molar-refractivity contribution is -0.111. The summed E-state index contributed by atoms with van der Waals surface area (Å²) in [6.07, 6.45) is 3.34. The maximum absolute atomic E-state index is 12.8. The Morgan fingerprint density at radius 1 is 1.00 bits per heavy atom. The molecule has 1 aromatic heterocycles. The molecule has 1 heterocycles. The van der Waals surface area contributed by atoms with Crippen molar-refractivity contribution in [3.63, 3.8) is 0 Å². The third-order valence-electron chi connectivity index (χ3n) is 6.19. The molecule has 5 heteroatoms. The molecule has 0 radical (unpaired) electrons. The van der Waals surface area contributed by atoms with Crippen LogP contribution in [-0.2, 0) is 4.79 Å². The zero-order chi connectivity index (χ0) is 24.5. The number of fused-ring (bicyclic) bond motifs is 2. The molecule has 174 valence electrons. The van der Waals surface area contributed by atoms with Crippen molar-refractivity contribution in [1.29, 1.82) is 0 Å². The fourth-order valence-corrected chi connectivity index (χ4v) is 4.46. The SMILES string of the molecule is COc1cc2occ(-c3ccc4ccccc4c3)c2cc1/C(C)=C/C(=O)Nc1cc(Cl)ccc1C. The molecule has 5 aromatic rings. The molecular weight excluding hydrogens is 458 g/mol. The molecule has 5 rings (SSSR count). The number of amides is 1. The topological polar surface area (TPSA) is 51.5 Å². The molecule has 0 fully saturated rings. The molecule has 0 unspecified atom stereocenters. The first-order chi connectivity index (χ1) is 16.9. The number of halogens is 1. The number of carbonyl (C=O) groups excluding carboxylic acids is 1. The van der Waals surface area contributed by atoms with Crippen molar-refractivity contribution in [3.8, 4) is 16.9 Å². The number of ether oxygens (including phenoxy) is 1. The van der Waals surface area contributed by atoms with E-state index in [1.54, 1.807) is 31.6 Å². The molecule has 0 aliphatic heterocycles. The highest BCUT2D eigenvalue weighted by molar-refractivity contribution is 6.31. The van der Waals surface area contributed by atoms with Crippen molar-refractivity contribution in [2.75, 3.05) is 12.4 Å². The summed E-state index contributed by atoms with van der Waals surface area (Å²) >= 11 is 6.09. The van der Waals surface area contributed by atoms with Crippen LogP contribution in [-0.4, -0.2) is 13.0 Å². The summed E-state index contributed by atoms with van der Waals surface area (Å²) in [5.41, 5.74) is 5.98. The van der Waals surface area contributed by atoms with E-state index in [2.05, 4.69) is 35.6 Å². The first kappa shape index (κ1) is 22.8. The van der Waals surface area contributed by atoms with Crippen LogP contribution < -0.4 is 10.1 Å². The molecule has 4 aromatic carbocycles. The highest BCUT2D eigenvalue weighted by atomic mass is 35.5. The van der Waals surface area contributed by atoms with Crippen molar-refractivity contribution >= 4 is 50.5 Å². The lowest BCUT2D eigenvalue weighted by atomic mass is 9.97. The average Bonchev–Trinajstić information content (AvgIpc) is 3.28. The minimum Gasteiger partial charge on any atom is -0.496 e. The van der Waals surface area contributed by atoms with Crippen LogP contribution in [0.3, 0.4) is 0 Å². The molecule has 0 bridgehead atoms. The first-order valence-corrected chi connectivity index (χ1v) is 11.6. The molecular formula is C30H24ClNO3. The maximum atomic E-state index is 12.8. The average molecular weight is 482 g/mol. The maximum Gasteiger partial charge on any atom is 0.248 e. The van der Waals surface area contributed by atoms with Crippen LogP contribution in [0.25, 0.3) is 38.4 Å². The van der Waals surface area contributed by atoms with Crippen LogP contribution in [0, 0.1) is 6.92 Å². The van der Waals surface area contributed by atoms with Gasteiger partial charge < -0.3 is 14.5 Å². The second-order valence-corrected chi connectivity index (χ2v) is 8.97. The molecule has 0 atom stereocenters. The van der Waals surface area contributed by atoms with Gasteiger partial charge in [-0.1, -0.05) is 54.1 Å². The van der Waals surface area contributed by atoms with Gasteiger partial charge in [0.25, 0.3) is 0 Å². The monoisotopic (exact) mass is 481 g/mol. The second-order valence-electron chi connectivity index (χ2n) is 8.54. The van der Waals surface area contributed by atoms with Crippen molar-refractivity contribution < 1.29 is 13.9 Å². The minimum absolute atomic E-state index is 0.239. The van der Waals surface area contributed by atoms with Gasteiger partial charge in [-0.2, -0.15) is 0 Å². The van der Waals surface area contributed by atoms with Gasteiger partial charge in [-0.3, -0.25) is 4.79 Å². The van der Waals surface area contributed by atoms with Crippen LogP contribution in [0.5, 0.6) is 5.75 Å². The van der Waals surface area contributed by atoms with Crippen molar-refractivity contribution in [1.82, 2.24) is 0 Å². The van der Waals surface area contributed by atoms with Crippen molar-refractivity contribution in [2.45, 2.75) is 13.8 Å². The molecule has 0 saturated heterocycles. The fourth-order valence-electron chi connectivity index (χ4n) is 4.28. The molecule has 0 aliphatic carbocycles. The zero-order valence-corrected chi connectivity index (χ0v) is 20.4. The summed E-state index contributed by atoms with van der Waals surface area (Å²) in [7, 11) is 1.61. The van der Waals surface area contributed by atoms with E-state index in [0.29, 0.717) is 16.5 Å². The molecule has 1 N–H and O–H groups in total. The van der Waals surface area contributed by atoms with Gasteiger partial charge in [0.15, 0.2) is 0 Å². The Labute approximate surface area is 208 Å². The van der Waals surface area contributed by atoms with Gasteiger partial charge in [-0.25, -0.2) is 0 Å². The third-order valence-corrected chi connectivity index (χ3v) is 6.42. The summed E-state index contributed by atoms with van der Waals surface area (Å²) < 4.78 is 11.5. The van der Waals surface area contributed by atoms with E-state index >= 15 is 0 Å². The Bertz CT molecular complexity index is 1610. The largest absolute Gasteiger partial charge is 0.496 e. The standard InChI is InChI=1S/C30H24ClNO3/c1-18-8-11-23(31)14-27(18)32-30(33)12-19(2)24-15-25-26(17-35-29(25)16-28(24)34-3)22-10-9-20-6-4-5-7-21(20)13-22/h4-17H,1-3H3,(H,32,33)/b19-12+. The van der Waals surface area contributed by atoms with Gasteiger partial charge >= 0.3 is 0 Å². The molecule has 0 saturated carbocycles. The normalized spacial score (nSPS) is 11.7. The summed E-state index contributed by atoms with van der Waals surface area (Å²) in [6.45, 7) is 3.82. The van der Waals surface area contributed by atoms with Crippen molar-refractivity contribution in [3.05, 3.63) is 101 Å². The lowest BCUT2D eigenvalue weighted by Crippen LogP contribution is -2.09. The Morgan fingerprint density at radius 2 is 1.80 bits per heavy atom. The summed E-state index contributed by atoms with van der Waals surface area (Å²) in [6, 6.07) is 23.9. The summed E-state index contributed by atoms with van der Waals surface area (Å²) in [4.78, 5) is 12.8. The Morgan fingerprint density at radius 3 is 2.60 bits per heavy atom. The number of hydrogen-bond donors (Lipinski definition) is 1. The lowest BCUT2D eigenvalue weighted by Gasteiger charge is -2.11. The number of rotatable bonds is 5. The number of anilines is 1. The van der Waals surface area contributed by atoms with Gasteiger partial charge in [-0.05, 0) is 65.6 Å². The van der Waals surface area contributed by atoms with Crippen LogP contribution in [0.15, 0.2) is 89.6 Å². The third kappa shape index (κ3) is 4.53. The van der Waals surface area contributed by atoms with Gasteiger partial charge in [-0.15, -0.1) is 0 Å². The predicted molar refractivity (Wildman–Crippen MR) is 144 cm³/mol. The molecule has 0 aliphatic rings. The summed E-state index contributed by atoms with van der Waals surface area (Å²) in [5.74, 6) is 0.398. The van der Waals surface area contributed by atoms with E-state index in [4.69, 9.17) is 20.8 Å². The number of hydrogen-bond acceptors (Lipinski definition) is 3. The second kappa shape index (κ2) is 9.32. The van der Waals surface area contributed by atoms with E-state index in [1.165, 1.54) is 5.39 Å². The van der Waals surface area contributed by atoms with Crippen LogP contribution in [0.4, 0.5) is 5.69 Å².